The van der Waals surface area contributed by atoms with Gasteiger partial charge in [0, 0.05) is 17.9 Å². The van der Waals surface area contributed by atoms with E-state index in [9.17, 15) is 4.55 Å². The molecule has 16 heavy (non-hydrogen) atoms. The van der Waals surface area contributed by atoms with Gasteiger partial charge in [-0.3, -0.25) is 0 Å². The predicted octanol–water partition coefficient (Wildman–Crippen LogP) is 2.59. The highest BCUT2D eigenvalue weighted by Gasteiger charge is 2.25. The molecule has 0 bridgehead atoms. The molecule has 0 spiro atoms. The van der Waals surface area contributed by atoms with Gasteiger partial charge < -0.3 is 4.55 Å². The van der Waals surface area contributed by atoms with Gasteiger partial charge in [0.05, 0.1) is 0 Å². The van der Waals surface area contributed by atoms with Gasteiger partial charge in [0.15, 0.2) is 0 Å². The maximum absolute atomic E-state index is 11.7. The van der Waals surface area contributed by atoms with Crippen LogP contribution in [0.15, 0.2) is 24.3 Å². The molecule has 1 N–H and O–H groups in total. The summed E-state index contributed by atoms with van der Waals surface area (Å²) >= 11 is -0.966. The lowest BCUT2D eigenvalue weighted by Gasteiger charge is -2.23. The van der Waals surface area contributed by atoms with E-state index < -0.39 is 11.4 Å². The third-order valence-electron chi connectivity index (χ3n) is 2.29. The molecule has 0 fully saturated rings. The fourth-order valence-electron chi connectivity index (χ4n) is 1.37. The molecule has 90 valence electrons. The molecule has 0 aliphatic heterocycles. The van der Waals surface area contributed by atoms with Crippen molar-refractivity contribution in [3.63, 3.8) is 0 Å². The van der Waals surface area contributed by atoms with E-state index in [0.717, 1.165) is 13.0 Å². The number of benzene rings is 1. The average molecular weight is 239 g/mol. The fourth-order valence-corrected chi connectivity index (χ4v) is 2.09. The first-order valence-corrected chi connectivity index (χ1v) is 6.75. The molecule has 1 rings (SSSR count). The molecule has 0 heterocycles. The van der Waals surface area contributed by atoms with Crippen molar-refractivity contribution in [2.24, 2.45) is 0 Å². The summed E-state index contributed by atoms with van der Waals surface area (Å²) < 4.78 is 14.6. The summed E-state index contributed by atoms with van der Waals surface area (Å²) in [5.41, 5.74) is 2.56. The van der Waals surface area contributed by atoms with Gasteiger partial charge in [-0.1, -0.05) is 29.8 Å². The smallest absolute Gasteiger partial charge is 0.136 e. The van der Waals surface area contributed by atoms with E-state index in [0.29, 0.717) is 0 Å². The van der Waals surface area contributed by atoms with E-state index in [1.54, 1.807) is 0 Å². The maximum atomic E-state index is 11.7. The molecular formula is C13H21NOS. The van der Waals surface area contributed by atoms with Crippen LogP contribution in [0, 0.1) is 6.92 Å². The molecule has 3 heteroatoms. The maximum Gasteiger partial charge on any atom is 0.136 e. The Hall–Kier alpha value is -0.510. The molecule has 0 saturated heterocycles. The average Bonchev–Trinajstić information content (AvgIpc) is 2.16. The Labute approximate surface area is 102 Å². The zero-order chi connectivity index (χ0) is 12.2. The van der Waals surface area contributed by atoms with Gasteiger partial charge in [0.2, 0.25) is 0 Å². The zero-order valence-electron chi connectivity index (χ0n) is 10.5. The highest BCUT2D eigenvalue weighted by Crippen LogP contribution is 2.13. The van der Waals surface area contributed by atoms with Crippen molar-refractivity contribution < 1.29 is 4.55 Å². The van der Waals surface area contributed by atoms with Gasteiger partial charge in [-0.05, 0) is 39.7 Å². The van der Waals surface area contributed by atoms with Crippen LogP contribution in [0.1, 0.15) is 31.9 Å². The summed E-state index contributed by atoms with van der Waals surface area (Å²) in [6.45, 7) is 8.77. The van der Waals surface area contributed by atoms with Crippen molar-refractivity contribution in [2.45, 2.75) is 38.9 Å². The van der Waals surface area contributed by atoms with Crippen molar-refractivity contribution >= 4 is 11.4 Å². The van der Waals surface area contributed by atoms with E-state index in [-0.39, 0.29) is 4.75 Å². The number of hydrogen-bond acceptors (Lipinski definition) is 2. The monoisotopic (exact) mass is 239 g/mol. The molecule has 0 unspecified atom stereocenters. The minimum Gasteiger partial charge on any atom is -0.598 e. The van der Waals surface area contributed by atoms with E-state index in [1.165, 1.54) is 11.1 Å². The van der Waals surface area contributed by atoms with Crippen LogP contribution >= 0.6 is 0 Å². The van der Waals surface area contributed by atoms with Crippen molar-refractivity contribution in [3.8, 4) is 0 Å². The van der Waals surface area contributed by atoms with Gasteiger partial charge in [-0.2, -0.15) is 0 Å². The molecule has 0 aromatic heterocycles. The predicted molar refractivity (Wildman–Crippen MR) is 70.8 cm³/mol. The summed E-state index contributed by atoms with van der Waals surface area (Å²) in [4.78, 5) is 0. The standard InChI is InChI=1S/C13H21NOS/c1-11-6-5-7-12(10-11)8-9-14-16(15)13(2,3)4/h5-7,10,14H,8-9H2,1-4H3/t16-/m1/s1. The van der Waals surface area contributed by atoms with Crippen LogP contribution < -0.4 is 4.72 Å². The van der Waals surface area contributed by atoms with Crippen LogP contribution in [-0.2, 0) is 17.8 Å². The minimum absolute atomic E-state index is 0.188. The summed E-state index contributed by atoms with van der Waals surface area (Å²) in [5, 5.41) is 0. The molecular weight excluding hydrogens is 218 g/mol. The Bertz CT molecular complexity index is 333. The van der Waals surface area contributed by atoms with Crippen molar-refractivity contribution in [1.29, 1.82) is 0 Å². The summed E-state index contributed by atoms with van der Waals surface area (Å²) in [6.07, 6.45) is 0.920. The summed E-state index contributed by atoms with van der Waals surface area (Å²) in [5.74, 6) is 0. The third-order valence-corrected chi connectivity index (χ3v) is 3.86. The Morgan fingerprint density at radius 1 is 1.31 bits per heavy atom. The Balaban J connectivity index is 2.36. The first-order chi connectivity index (χ1) is 7.39. The molecule has 0 saturated carbocycles. The molecule has 0 radical (unpaired) electrons. The molecule has 1 atom stereocenters. The van der Waals surface area contributed by atoms with Gasteiger partial charge in [0.1, 0.15) is 4.75 Å². The van der Waals surface area contributed by atoms with Gasteiger partial charge >= 0.3 is 0 Å². The van der Waals surface area contributed by atoms with E-state index in [4.69, 9.17) is 0 Å². The van der Waals surface area contributed by atoms with Gasteiger partial charge in [-0.15, -0.1) is 4.72 Å². The topological polar surface area (TPSA) is 35.1 Å². The second-order valence-electron chi connectivity index (χ2n) is 5.01. The Kier molecular flexibility index (Phi) is 4.84. The van der Waals surface area contributed by atoms with E-state index >= 15 is 0 Å². The summed E-state index contributed by atoms with van der Waals surface area (Å²) in [6, 6.07) is 8.42. The third kappa shape index (κ3) is 4.56. The second-order valence-corrected chi connectivity index (χ2v) is 7.07. The van der Waals surface area contributed by atoms with Crippen LogP contribution in [0.2, 0.25) is 0 Å². The zero-order valence-corrected chi connectivity index (χ0v) is 11.4. The lowest BCUT2D eigenvalue weighted by Crippen LogP contribution is -2.40. The number of aryl methyl sites for hydroxylation is 1. The molecule has 0 aliphatic rings. The minimum atomic E-state index is -0.966. The van der Waals surface area contributed by atoms with Crippen LogP contribution in [0.4, 0.5) is 0 Å². The Morgan fingerprint density at radius 2 is 2.00 bits per heavy atom. The molecule has 0 aliphatic carbocycles. The summed E-state index contributed by atoms with van der Waals surface area (Å²) in [7, 11) is 0. The first-order valence-electron chi connectivity index (χ1n) is 5.60. The van der Waals surface area contributed by atoms with Crippen LogP contribution in [-0.4, -0.2) is 15.8 Å². The van der Waals surface area contributed by atoms with E-state index in [2.05, 4.69) is 35.9 Å². The Morgan fingerprint density at radius 3 is 2.56 bits per heavy atom. The van der Waals surface area contributed by atoms with Gasteiger partial charge in [0.25, 0.3) is 0 Å². The molecule has 1 aromatic rings. The normalized spacial score (nSPS) is 13.8. The SMILES string of the molecule is Cc1cccc(CCN[S@+]([O-])C(C)(C)C)c1. The lowest BCUT2D eigenvalue weighted by atomic mass is 10.1. The van der Waals surface area contributed by atoms with Gasteiger partial charge in [-0.25, -0.2) is 0 Å². The van der Waals surface area contributed by atoms with Crippen molar-refractivity contribution in [2.75, 3.05) is 6.54 Å². The van der Waals surface area contributed by atoms with Crippen LogP contribution in [0.5, 0.6) is 0 Å². The second kappa shape index (κ2) is 5.71. The highest BCUT2D eigenvalue weighted by atomic mass is 32.2. The van der Waals surface area contributed by atoms with Crippen molar-refractivity contribution in [3.05, 3.63) is 35.4 Å². The first kappa shape index (κ1) is 13.6. The molecule has 1 aromatic carbocycles. The lowest BCUT2D eigenvalue weighted by molar-refractivity contribution is 0.544. The highest BCUT2D eigenvalue weighted by molar-refractivity contribution is 7.90. The number of nitrogens with one attached hydrogen (secondary N) is 1. The largest absolute Gasteiger partial charge is 0.598 e. The quantitative estimate of drug-likeness (QED) is 0.820. The van der Waals surface area contributed by atoms with Crippen LogP contribution in [0.3, 0.4) is 0 Å². The number of rotatable bonds is 4. The molecule has 0 amide bonds. The fraction of sp³-hybridized carbons (Fsp3) is 0.538. The molecule has 2 nitrogen and oxygen atoms in total. The number of hydrogen-bond donors (Lipinski definition) is 1. The van der Waals surface area contributed by atoms with E-state index in [1.807, 2.05) is 20.8 Å². The van der Waals surface area contributed by atoms with Crippen molar-refractivity contribution in [1.82, 2.24) is 4.72 Å². The van der Waals surface area contributed by atoms with Crippen LogP contribution in [0.25, 0.3) is 0 Å².